The number of carbonyl (C=O) groups is 1. The molecule has 1 aliphatic rings. The second-order valence-electron chi connectivity index (χ2n) is 8.57. The van der Waals surface area contributed by atoms with Crippen LogP contribution >= 0.6 is 0 Å². The zero-order valence-corrected chi connectivity index (χ0v) is 18.2. The summed E-state index contributed by atoms with van der Waals surface area (Å²) in [5, 5.41) is 11.0. The molecule has 0 unspecified atom stereocenters. The number of fused-ring (bicyclic) bond motifs is 3. The molecule has 2 amide bonds. The standard InChI is InChI=1S/C27H26N4O/c1-18(2)16-19-17-25(31(30-19)20-10-4-3-5-11-20)28-27(32)29-26-23-14-8-6-12-21(23)22-13-7-9-15-24(22)26/h3-15,17-18,26H,16H2,1-2H3,(H2,28,29,32). The van der Waals surface area contributed by atoms with Crippen molar-refractivity contribution in [1.82, 2.24) is 15.1 Å². The highest BCUT2D eigenvalue weighted by Crippen LogP contribution is 2.43. The molecule has 1 aliphatic carbocycles. The van der Waals surface area contributed by atoms with Gasteiger partial charge in [0.1, 0.15) is 5.82 Å². The molecular weight excluding hydrogens is 396 g/mol. The van der Waals surface area contributed by atoms with Gasteiger partial charge in [-0.3, -0.25) is 5.32 Å². The predicted octanol–water partition coefficient (Wildman–Crippen LogP) is 5.96. The minimum absolute atomic E-state index is 0.189. The van der Waals surface area contributed by atoms with Crippen LogP contribution in [0, 0.1) is 5.92 Å². The van der Waals surface area contributed by atoms with Crippen LogP contribution in [0.2, 0.25) is 0 Å². The van der Waals surface area contributed by atoms with E-state index in [1.807, 2.05) is 60.7 Å². The topological polar surface area (TPSA) is 59.0 Å². The molecular formula is C27H26N4O. The van der Waals surface area contributed by atoms with Crippen molar-refractivity contribution in [2.75, 3.05) is 5.32 Å². The van der Waals surface area contributed by atoms with Crippen LogP contribution in [0.25, 0.3) is 16.8 Å². The first-order chi connectivity index (χ1) is 15.6. The molecule has 0 saturated heterocycles. The molecule has 1 aromatic heterocycles. The summed E-state index contributed by atoms with van der Waals surface area (Å²) < 4.78 is 1.80. The zero-order valence-electron chi connectivity index (χ0n) is 18.2. The van der Waals surface area contributed by atoms with Gasteiger partial charge in [-0.2, -0.15) is 5.10 Å². The molecule has 5 rings (SSSR count). The van der Waals surface area contributed by atoms with Crippen LogP contribution in [-0.2, 0) is 6.42 Å². The Morgan fingerprint density at radius 2 is 1.50 bits per heavy atom. The average Bonchev–Trinajstić information content (AvgIpc) is 3.33. The van der Waals surface area contributed by atoms with E-state index in [0.29, 0.717) is 11.7 Å². The Labute approximate surface area is 188 Å². The van der Waals surface area contributed by atoms with E-state index < -0.39 is 0 Å². The van der Waals surface area contributed by atoms with Gasteiger partial charge < -0.3 is 5.32 Å². The Kier molecular flexibility index (Phi) is 5.23. The Hall–Kier alpha value is -3.86. The molecule has 1 heterocycles. The fourth-order valence-electron chi connectivity index (χ4n) is 4.40. The van der Waals surface area contributed by atoms with Crippen LogP contribution in [0.15, 0.2) is 84.9 Å². The van der Waals surface area contributed by atoms with E-state index in [9.17, 15) is 4.79 Å². The number of anilines is 1. The van der Waals surface area contributed by atoms with Crippen molar-refractivity contribution in [3.8, 4) is 16.8 Å². The third kappa shape index (κ3) is 3.78. The molecule has 0 atom stereocenters. The van der Waals surface area contributed by atoms with Gasteiger partial charge in [-0.1, -0.05) is 80.6 Å². The van der Waals surface area contributed by atoms with E-state index >= 15 is 0 Å². The van der Waals surface area contributed by atoms with Gasteiger partial charge in [0.15, 0.2) is 0 Å². The zero-order chi connectivity index (χ0) is 22.1. The number of hydrogen-bond acceptors (Lipinski definition) is 2. The quantitative estimate of drug-likeness (QED) is 0.417. The normalized spacial score (nSPS) is 12.5. The summed E-state index contributed by atoms with van der Waals surface area (Å²) in [6.45, 7) is 4.33. The summed E-state index contributed by atoms with van der Waals surface area (Å²) in [6.07, 6.45) is 0.847. The van der Waals surface area contributed by atoms with Crippen molar-refractivity contribution < 1.29 is 4.79 Å². The number of aromatic nitrogens is 2. The smallest absolute Gasteiger partial charge is 0.321 e. The second kappa shape index (κ2) is 8.35. The number of hydrogen-bond donors (Lipinski definition) is 2. The maximum atomic E-state index is 13.1. The van der Waals surface area contributed by atoms with Gasteiger partial charge in [0, 0.05) is 6.07 Å². The van der Waals surface area contributed by atoms with Crippen molar-refractivity contribution in [1.29, 1.82) is 0 Å². The summed E-state index contributed by atoms with van der Waals surface area (Å²) in [4.78, 5) is 13.1. The number of carbonyl (C=O) groups excluding carboxylic acids is 1. The Morgan fingerprint density at radius 3 is 2.12 bits per heavy atom. The highest BCUT2D eigenvalue weighted by Gasteiger charge is 2.29. The van der Waals surface area contributed by atoms with Gasteiger partial charge in [0.25, 0.3) is 0 Å². The van der Waals surface area contributed by atoms with Crippen molar-refractivity contribution >= 4 is 11.8 Å². The van der Waals surface area contributed by atoms with Gasteiger partial charge in [0.05, 0.1) is 17.4 Å². The molecule has 0 bridgehead atoms. The van der Waals surface area contributed by atoms with Crippen molar-refractivity contribution in [3.05, 3.63) is 102 Å². The van der Waals surface area contributed by atoms with Gasteiger partial charge in [-0.25, -0.2) is 9.48 Å². The minimum atomic E-state index is -0.255. The van der Waals surface area contributed by atoms with E-state index in [0.717, 1.165) is 28.9 Å². The first kappa shape index (κ1) is 20.1. The summed E-state index contributed by atoms with van der Waals surface area (Å²) in [6, 6.07) is 27.9. The van der Waals surface area contributed by atoms with Crippen molar-refractivity contribution in [3.63, 3.8) is 0 Å². The summed E-state index contributed by atoms with van der Waals surface area (Å²) in [5.41, 5.74) is 6.43. The van der Waals surface area contributed by atoms with Crippen LogP contribution in [-0.4, -0.2) is 15.8 Å². The molecule has 2 N–H and O–H groups in total. The molecule has 0 saturated carbocycles. The van der Waals surface area contributed by atoms with Crippen LogP contribution in [0.3, 0.4) is 0 Å². The molecule has 32 heavy (non-hydrogen) atoms. The molecule has 4 aromatic rings. The highest BCUT2D eigenvalue weighted by molar-refractivity contribution is 5.91. The summed E-state index contributed by atoms with van der Waals surface area (Å²) in [5.74, 6) is 1.13. The monoisotopic (exact) mass is 422 g/mol. The lowest BCUT2D eigenvalue weighted by atomic mass is 10.1. The number of nitrogens with one attached hydrogen (secondary N) is 2. The predicted molar refractivity (Wildman–Crippen MR) is 128 cm³/mol. The van der Waals surface area contributed by atoms with Crippen LogP contribution in [0.4, 0.5) is 10.6 Å². The van der Waals surface area contributed by atoms with E-state index in [2.05, 4.69) is 48.7 Å². The summed E-state index contributed by atoms with van der Waals surface area (Å²) in [7, 11) is 0. The molecule has 3 aromatic carbocycles. The number of para-hydroxylation sites is 1. The number of benzene rings is 3. The van der Waals surface area contributed by atoms with Gasteiger partial charge >= 0.3 is 6.03 Å². The maximum Gasteiger partial charge on any atom is 0.321 e. The first-order valence-electron chi connectivity index (χ1n) is 11.0. The largest absolute Gasteiger partial charge is 0.327 e. The highest BCUT2D eigenvalue weighted by atomic mass is 16.2. The SMILES string of the molecule is CC(C)Cc1cc(NC(=O)NC2c3ccccc3-c3ccccc32)n(-c2ccccc2)n1. The van der Waals surface area contributed by atoms with E-state index in [4.69, 9.17) is 5.10 Å². The minimum Gasteiger partial charge on any atom is -0.327 e. The average molecular weight is 423 g/mol. The number of nitrogens with zero attached hydrogens (tertiary/aromatic N) is 2. The third-order valence-corrected chi connectivity index (χ3v) is 5.73. The summed E-state index contributed by atoms with van der Waals surface area (Å²) >= 11 is 0. The van der Waals surface area contributed by atoms with E-state index in [1.165, 1.54) is 11.1 Å². The molecule has 0 radical (unpaired) electrons. The Balaban J connectivity index is 1.43. The molecule has 0 spiro atoms. The van der Waals surface area contributed by atoms with Crippen LogP contribution < -0.4 is 10.6 Å². The third-order valence-electron chi connectivity index (χ3n) is 5.73. The second-order valence-corrected chi connectivity index (χ2v) is 8.57. The first-order valence-corrected chi connectivity index (χ1v) is 11.0. The van der Waals surface area contributed by atoms with Crippen molar-refractivity contribution in [2.45, 2.75) is 26.3 Å². The molecule has 5 nitrogen and oxygen atoms in total. The lowest BCUT2D eigenvalue weighted by Gasteiger charge is -2.17. The number of rotatable bonds is 5. The number of amides is 2. The Morgan fingerprint density at radius 1 is 0.906 bits per heavy atom. The van der Waals surface area contributed by atoms with Gasteiger partial charge in [-0.05, 0) is 46.7 Å². The fourth-order valence-corrected chi connectivity index (χ4v) is 4.40. The molecule has 160 valence electrons. The van der Waals surface area contributed by atoms with Crippen LogP contribution in [0.5, 0.6) is 0 Å². The number of urea groups is 1. The van der Waals surface area contributed by atoms with Crippen molar-refractivity contribution in [2.24, 2.45) is 5.92 Å². The van der Waals surface area contributed by atoms with Crippen LogP contribution in [0.1, 0.15) is 36.7 Å². The maximum absolute atomic E-state index is 13.1. The van der Waals surface area contributed by atoms with E-state index in [1.54, 1.807) is 4.68 Å². The molecule has 0 aliphatic heterocycles. The molecule has 5 heteroatoms. The lowest BCUT2D eigenvalue weighted by molar-refractivity contribution is 0.250. The van der Waals surface area contributed by atoms with Gasteiger partial charge in [-0.15, -0.1) is 0 Å². The molecule has 0 fully saturated rings. The Bertz CT molecular complexity index is 1210. The lowest BCUT2D eigenvalue weighted by Crippen LogP contribution is -2.33. The van der Waals surface area contributed by atoms with E-state index in [-0.39, 0.29) is 12.1 Å². The fraction of sp³-hybridized carbons (Fsp3) is 0.185. The van der Waals surface area contributed by atoms with Gasteiger partial charge in [0.2, 0.25) is 0 Å².